The van der Waals surface area contributed by atoms with Gasteiger partial charge in [-0.3, -0.25) is 0 Å². The van der Waals surface area contributed by atoms with E-state index in [4.69, 9.17) is 0 Å². The summed E-state index contributed by atoms with van der Waals surface area (Å²) in [5.74, 6) is -0.900. The second-order valence-electron chi connectivity index (χ2n) is 2.46. The van der Waals surface area contributed by atoms with Crippen LogP contribution in [0.15, 0.2) is 29.8 Å². The summed E-state index contributed by atoms with van der Waals surface area (Å²) in [6.07, 6.45) is 1.56. The first kappa shape index (κ1) is 8.31. The molecule has 0 N–H and O–H groups in total. The van der Waals surface area contributed by atoms with E-state index in [2.05, 4.69) is 4.98 Å². The lowest BCUT2D eigenvalue weighted by atomic mass is 10.2. The normalized spacial score (nSPS) is 10.3. The monoisotopic (exact) mass is 197 g/mol. The predicted molar refractivity (Wildman–Crippen MR) is 47.5 cm³/mol. The Bertz CT molecular complexity index is 412. The maximum Gasteiger partial charge on any atom is 0.133 e. The molecule has 0 aliphatic rings. The Labute approximate surface area is 77.7 Å². The molecular weight excluding hydrogens is 192 g/mol. The van der Waals surface area contributed by atoms with Crippen LogP contribution in [0.5, 0.6) is 0 Å². The minimum Gasteiger partial charge on any atom is -0.244 e. The molecule has 0 amide bonds. The summed E-state index contributed by atoms with van der Waals surface area (Å²) in [5.41, 5.74) is 0.218. The van der Waals surface area contributed by atoms with Gasteiger partial charge in [0.05, 0.1) is 0 Å². The number of aromatic nitrogens is 1. The van der Waals surface area contributed by atoms with Crippen molar-refractivity contribution in [3.05, 3.63) is 41.4 Å². The Morgan fingerprint density at radius 1 is 1.23 bits per heavy atom. The summed E-state index contributed by atoms with van der Waals surface area (Å²) in [7, 11) is 0. The Morgan fingerprint density at radius 3 is 2.77 bits per heavy atom. The number of thiazole rings is 1. The number of benzene rings is 1. The van der Waals surface area contributed by atoms with Crippen molar-refractivity contribution < 1.29 is 8.78 Å². The minimum atomic E-state index is -0.452. The van der Waals surface area contributed by atoms with Gasteiger partial charge in [0.2, 0.25) is 0 Å². The summed E-state index contributed by atoms with van der Waals surface area (Å²) in [4.78, 5) is 3.90. The molecule has 0 saturated heterocycles. The number of hydrogen-bond donors (Lipinski definition) is 0. The van der Waals surface area contributed by atoms with Gasteiger partial charge in [0.25, 0.3) is 0 Å². The highest BCUT2D eigenvalue weighted by Crippen LogP contribution is 2.25. The molecule has 0 bridgehead atoms. The van der Waals surface area contributed by atoms with Gasteiger partial charge in [-0.15, -0.1) is 11.3 Å². The molecule has 1 aromatic heterocycles. The third-order valence-electron chi connectivity index (χ3n) is 1.59. The largest absolute Gasteiger partial charge is 0.244 e. The lowest BCUT2D eigenvalue weighted by Crippen LogP contribution is -1.84. The van der Waals surface area contributed by atoms with Crippen LogP contribution in [0.4, 0.5) is 8.78 Å². The van der Waals surface area contributed by atoms with E-state index in [1.54, 1.807) is 11.6 Å². The van der Waals surface area contributed by atoms with E-state index in [0.29, 0.717) is 5.01 Å². The number of halogens is 2. The first-order valence-corrected chi connectivity index (χ1v) is 4.50. The van der Waals surface area contributed by atoms with Gasteiger partial charge in [-0.05, 0) is 18.2 Å². The van der Waals surface area contributed by atoms with E-state index in [1.165, 1.54) is 11.3 Å². The third kappa shape index (κ3) is 1.58. The van der Waals surface area contributed by atoms with E-state index in [1.807, 2.05) is 0 Å². The smallest absolute Gasteiger partial charge is 0.133 e. The molecule has 1 heterocycles. The predicted octanol–water partition coefficient (Wildman–Crippen LogP) is 3.09. The molecule has 0 fully saturated rings. The van der Waals surface area contributed by atoms with Crippen molar-refractivity contribution in [2.45, 2.75) is 0 Å². The third-order valence-corrected chi connectivity index (χ3v) is 2.40. The molecule has 0 radical (unpaired) electrons. The molecule has 0 aliphatic heterocycles. The van der Waals surface area contributed by atoms with E-state index in [0.717, 1.165) is 18.2 Å². The minimum absolute atomic E-state index is 0.218. The molecule has 0 atom stereocenters. The van der Waals surface area contributed by atoms with E-state index < -0.39 is 11.6 Å². The zero-order valence-electron chi connectivity index (χ0n) is 6.50. The quantitative estimate of drug-likeness (QED) is 0.684. The highest BCUT2D eigenvalue weighted by Gasteiger charge is 2.07. The zero-order chi connectivity index (χ0) is 9.26. The Morgan fingerprint density at radius 2 is 2.08 bits per heavy atom. The Kier molecular flexibility index (Phi) is 2.06. The van der Waals surface area contributed by atoms with Crippen molar-refractivity contribution in [2.24, 2.45) is 0 Å². The first-order valence-electron chi connectivity index (χ1n) is 3.62. The van der Waals surface area contributed by atoms with Crippen LogP contribution in [0, 0.1) is 11.6 Å². The van der Waals surface area contributed by atoms with Crippen molar-refractivity contribution in [1.29, 1.82) is 0 Å². The Balaban J connectivity index is 2.57. The fourth-order valence-corrected chi connectivity index (χ4v) is 1.67. The second-order valence-corrected chi connectivity index (χ2v) is 3.36. The van der Waals surface area contributed by atoms with Crippen LogP contribution >= 0.6 is 11.3 Å². The summed E-state index contributed by atoms with van der Waals surface area (Å²) >= 11 is 1.28. The molecule has 0 saturated carbocycles. The Hall–Kier alpha value is -1.29. The average molecular weight is 197 g/mol. The molecule has 0 spiro atoms. The standard InChI is InChI=1S/C9H5F2NS/c10-6-1-2-8(11)7(5-6)9-12-3-4-13-9/h1-5H. The van der Waals surface area contributed by atoms with Crippen LogP contribution in [-0.4, -0.2) is 4.98 Å². The summed E-state index contributed by atoms with van der Waals surface area (Å²) in [5, 5.41) is 2.22. The molecule has 66 valence electrons. The molecule has 13 heavy (non-hydrogen) atoms. The van der Waals surface area contributed by atoms with Crippen LogP contribution in [0.25, 0.3) is 10.6 Å². The summed E-state index contributed by atoms with van der Waals surface area (Å²) in [6, 6.07) is 3.34. The van der Waals surface area contributed by atoms with Gasteiger partial charge in [0.15, 0.2) is 0 Å². The topological polar surface area (TPSA) is 12.9 Å². The van der Waals surface area contributed by atoms with Crippen LogP contribution in [0.1, 0.15) is 0 Å². The summed E-state index contributed by atoms with van der Waals surface area (Å²) < 4.78 is 25.9. The highest BCUT2D eigenvalue weighted by molar-refractivity contribution is 7.13. The SMILES string of the molecule is Fc1ccc(F)c(-c2nccs2)c1. The van der Waals surface area contributed by atoms with Crippen molar-refractivity contribution in [1.82, 2.24) is 4.98 Å². The molecule has 2 aromatic rings. The molecule has 2 rings (SSSR count). The van der Waals surface area contributed by atoms with Gasteiger partial charge in [-0.1, -0.05) is 0 Å². The van der Waals surface area contributed by atoms with Crippen molar-refractivity contribution in [3.63, 3.8) is 0 Å². The lowest BCUT2D eigenvalue weighted by Gasteiger charge is -1.97. The lowest BCUT2D eigenvalue weighted by molar-refractivity contribution is 0.603. The van der Waals surface area contributed by atoms with Gasteiger partial charge in [0, 0.05) is 17.1 Å². The maximum atomic E-state index is 13.1. The number of hydrogen-bond acceptors (Lipinski definition) is 2. The van der Waals surface area contributed by atoms with Gasteiger partial charge < -0.3 is 0 Å². The summed E-state index contributed by atoms with van der Waals surface area (Å²) in [6.45, 7) is 0. The highest BCUT2D eigenvalue weighted by atomic mass is 32.1. The molecular formula is C9H5F2NS. The van der Waals surface area contributed by atoms with Crippen LogP contribution in [-0.2, 0) is 0 Å². The average Bonchev–Trinajstić information content (AvgIpc) is 2.61. The zero-order valence-corrected chi connectivity index (χ0v) is 7.31. The van der Waals surface area contributed by atoms with E-state index in [-0.39, 0.29) is 5.56 Å². The maximum absolute atomic E-state index is 13.1. The number of nitrogens with zero attached hydrogens (tertiary/aromatic N) is 1. The van der Waals surface area contributed by atoms with E-state index in [9.17, 15) is 8.78 Å². The van der Waals surface area contributed by atoms with Gasteiger partial charge >= 0.3 is 0 Å². The molecule has 0 unspecified atom stereocenters. The van der Waals surface area contributed by atoms with Gasteiger partial charge in [-0.25, -0.2) is 13.8 Å². The molecule has 1 nitrogen and oxygen atoms in total. The van der Waals surface area contributed by atoms with Crippen molar-refractivity contribution >= 4 is 11.3 Å². The fourth-order valence-electron chi connectivity index (χ4n) is 1.02. The second kappa shape index (κ2) is 3.22. The molecule has 0 aliphatic carbocycles. The van der Waals surface area contributed by atoms with Gasteiger partial charge in [-0.2, -0.15) is 0 Å². The van der Waals surface area contributed by atoms with Crippen molar-refractivity contribution in [3.8, 4) is 10.6 Å². The van der Waals surface area contributed by atoms with Crippen LogP contribution < -0.4 is 0 Å². The molecule has 1 aromatic carbocycles. The van der Waals surface area contributed by atoms with Crippen LogP contribution in [0.3, 0.4) is 0 Å². The first-order chi connectivity index (χ1) is 6.27. The van der Waals surface area contributed by atoms with Crippen molar-refractivity contribution in [2.75, 3.05) is 0 Å². The van der Waals surface area contributed by atoms with Crippen LogP contribution in [0.2, 0.25) is 0 Å². The molecule has 4 heteroatoms. The van der Waals surface area contributed by atoms with E-state index >= 15 is 0 Å². The fraction of sp³-hybridized carbons (Fsp3) is 0. The number of rotatable bonds is 1. The van der Waals surface area contributed by atoms with Gasteiger partial charge in [0.1, 0.15) is 16.6 Å².